The number of carbonyl (C=O) groups is 2. The van der Waals surface area contributed by atoms with Gasteiger partial charge in [0.15, 0.2) is 0 Å². The summed E-state index contributed by atoms with van der Waals surface area (Å²) in [5, 5.41) is 6.12. The smallest absolute Gasteiger partial charge is 0.337 e. The highest BCUT2D eigenvalue weighted by Gasteiger charge is 2.11. The topological polar surface area (TPSA) is 67.4 Å². The van der Waals surface area contributed by atoms with Crippen LogP contribution >= 0.6 is 11.6 Å². The standard InChI is InChI=1S/C18H19ClN2O3/c1-11-4-7-15(12(2)8-11)20-10-17(22)21-16-9-13(18(23)24-3)5-6-14(16)19/h4-9,20H,10H2,1-3H3,(H,21,22). The Morgan fingerprint density at radius 3 is 2.50 bits per heavy atom. The molecule has 0 heterocycles. The highest BCUT2D eigenvalue weighted by Crippen LogP contribution is 2.23. The minimum absolute atomic E-state index is 0.0860. The van der Waals surface area contributed by atoms with Gasteiger partial charge in [-0.15, -0.1) is 0 Å². The van der Waals surface area contributed by atoms with E-state index >= 15 is 0 Å². The zero-order valence-corrected chi connectivity index (χ0v) is 14.5. The molecule has 0 bridgehead atoms. The number of halogens is 1. The summed E-state index contributed by atoms with van der Waals surface area (Å²) in [6, 6.07) is 10.5. The summed E-state index contributed by atoms with van der Waals surface area (Å²) in [6.07, 6.45) is 0. The van der Waals surface area contributed by atoms with Crippen LogP contribution in [0.4, 0.5) is 11.4 Å². The van der Waals surface area contributed by atoms with Gasteiger partial charge >= 0.3 is 5.97 Å². The summed E-state index contributed by atoms with van der Waals surface area (Å²) < 4.78 is 4.66. The molecule has 0 aliphatic carbocycles. The highest BCUT2D eigenvalue weighted by molar-refractivity contribution is 6.33. The maximum atomic E-state index is 12.1. The van der Waals surface area contributed by atoms with Gasteiger partial charge in [0.1, 0.15) is 0 Å². The zero-order chi connectivity index (χ0) is 17.7. The number of rotatable bonds is 5. The first-order valence-corrected chi connectivity index (χ1v) is 7.77. The third-order valence-corrected chi connectivity index (χ3v) is 3.81. The monoisotopic (exact) mass is 346 g/mol. The second-order valence-electron chi connectivity index (χ2n) is 5.41. The molecule has 2 aromatic rings. The molecule has 0 aromatic heterocycles. The largest absolute Gasteiger partial charge is 0.465 e. The van der Waals surface area contributed by atoms with E-state index < -0.39 is 5.97 Å². The zero-order valence-electron chi connectivity index (χ0n) is 13.8. The van der Waals surface area contributed by atoms with Gasteiger partial charge in [-0.1, -0.05) is 29.3 Å². The molecule has 0 fully saturated rings. The summed E-state index contributed by atoms with van der Waals surface area (Å²) in [7, 11) is 1.29. The van der Waals surface area contributed by atoms with Crippen molar-refractivity contribution in [3.8, 4) is 0 Å². The van der Waals surface area contributed by atoms with Crippen LogP contribution in [-0.2, 0) is 9.53 Å². The average Bonchev–Trinajstić information content (AvgIpc) is 2.55. The van der Waals surface area contributed by atoms with Crippen molar-refractivity contribution >= 4 is 34.9 Å². The Morgan fingerprint density at radius 2 is 1.83 bits per heavy atom. The molecule has 1 amide bonds. The van der Waals surface area contributed by atoms with Gasteiger partial charge < -0.3 is 15.4 Å². The van der Waals surface area contributed by atoms with E-state index in [1.807, 2.05) is 32.0 Å². The van der Waals surface area contributed by atoms with Crippen LogP contribution in [0.3, 0.4) is 0 Å². The van der Waals surface area contributed by atoms with E-state index in [-0.39, 0.29) is 12.5 Å². The van der Waals surface area contributed by atoms with E-state index in [4.69, 9.17) is 11.6 Å². The lowest BCUT2D eigenvalue weighted by atomic mass is 10.1. The Labute approximate surface area is 146 Å². The summed E-state index contributed by atoms with van der Waals surface area (Å²) in [5.74, 6) is -0.755. The maximum absolute atomic E-state index is 12.1. The number of esters is 1. The summed E-state index contributed by atoms with van der Waals surface area (Å²) in [5.41, 5.74) is 3.80. The van der Waals surface area contributed by atoms with Gasteiger partial charge in [0.25, 0.3) is 0 Å². The second-order valence-corrected chi connectivity index (χ2v) is 5.81. The van der Waals surface area contributed by atoms with Crippen molar-refractivity contribution in [2.24, 2.45) is 0 Å². The van der Waals surface area contributed by atoms with Crippen molar-refractivity contribution in [1.29, 1.82) is 0 Å². The average molecular weight is 347 g/mol. The maximum Gasteiger partial charge on any atom is 0.337 e. The van der Waals surface area contributed by atoms with Crippen LogP contribution in [0.1, 0.15) is 21.5 Å². The molecule has 0 spiro atoms. The Hall–Kier alpha value is -2.53. The minimum atomic E-state index is -0.490. The number of aryl methyl sites for hydroxylation is 2. The van der Waals surface area contributed by atoms with Gasteiger partial charge in [-0.05, 0) is 43.7 Å². The number of anilines is 2. The van der Waals surface area contributed by atoms with Gasteiger partial charge in [0.2, 0.25) is 5.91 Å². The summed E-state index contributed by atoms with van der Waals surface area (Å²) in [4.78, 5) is 23.7. The van der Waals surface area contributed by atoms with Crippen LogP contribution in [0.5, 0.6) is 0 Å². The van der Waals surface area contributed by atoms with Gasteiger partial charge in [-0.3, -0.25) is 4.79 Å². The third-order valence-electron chi connectivity index (χ3n) is 3.48. The van der Waals surface area contributed by atoms with E-state index in [1.54, 1.807) is 6.07 Å². The Morgan fingerprint density at radius 1 is 1.08 bits per heavy atom. The fourth-order valence-electron chi connectivity index (χ4n) is 2.25. The quantitative estimate of drug-likeness (QED) is 0.808. The number of hydrogen-bond acceptors (Lipinski definition) is 4. The van der Waals surface area contributed by atoms with E-state index in [2.05, 4.69) is 15.4 Å². The molecule has 2 N–H and O–H groups in total. The lowest BCUT2D eigenvalue weighted by molar-refractivity contribution is -0.114. The number of carbonyl (C=O) groups excluding carboxylic acids is 2. The van der Waals surface area contributed by atoms with Crippen molar-refractivity contribution in [2.45, 2.75) is 13.8 Å². The molecule has 5 nitrogen and oxygen atoms in total. The van der Waals surface area contributed by atoms with Crippen LogP contribution in [-0.4, -0.2) is 25.5 Å². The molecular weight excluding hydrogens is 328 g/mol. The van der Waals surface area contributed by atoms with Crippen LogP contribution in [0.15, 0.2) is 36.4 Å². The molecule has 126 valence electrons. The van der Waals surface area contributed by atoms with E-state index in [0.717, 1.165) is 16.8 Å². The first-order valence-electron chi connectivity index (χ1n) is 7.39. The molecule has 0 aliphatic rings. The number of benzene rings is 2. The van der Waals surface area contributed by atoms with Crippen molar-refractivity contribution in [3.63, 3.8) is 0 Å². The molecule has 0 saturated heterocycles. The fourth-order valence-corrected chi connectivity index (χ4v) is 2.41. The van der Waals surface area contributed by atoms with Crippen molar-refractivity contribution in [3.05, 3.63) is 58.1 Å². The molecule has 0 radical (unpaired) electrons. The Kier molecular flexibility index (Phi) is 5.82. The first kappa shape index (κ1) is 17.8. The van der Waals surface area contributed by atoms with Crippen LogP contribution < -0.4 is 10.6 Å². The highest BCUT2D eigenvalue weighted by atomic mass is 35.5. The fraction of sp³-hybridized carbons (Fsp3) is 0.222. The second kappa shape index (κ2) is 7.84. The van der Waals surface area contributed by atoms with Gasteiger partial charge in [-0.25, -0.2) is 4.79 Å². The molecule has 6 heteroatoms. The lowest BCUT2D eigenvalue weighted by Crippen LogP contribution is -2.22. The Bertz CT molecular complexity index is 775. The summed E-state index contributed by atoms with van der Waals surface area (Å²) in [6.45, 7) is 4.08. The van der Waals surface area contributed by atoms with Crippen molar-refractivity contribution in [2.75, 3.05) is 24.3 Å². The minimum Gasteiger partial charge on any atom is -0.465 e. The molecule has 0 aliphatic heterocycles. The molecule has 0 atom stereocenters. The molecule has 0 saturated carbocycles. The normalized spacial score (nSPS) is 10.2. The molecule has 0 unspecified atom stereocenters. The number of amides is 1. The third kappa shape index (κ3) is 4.49. The molecule has 2 aromatic carbocycles. The van der Waals surface area contributed by atoms with Crippen molar-refractivity contribution in [1.82, 2.24) is 0 Å². The number of hydrogen-bond donors (Lipinski definition) is 2. The molecule has 24 heavy (non-hydrogen) atoms. The van der Waals surface area contributed by atoms with Gasteiger partial charge in [-0.2, -0.15) is 0 Å². The van der Waals surface area contributed by atoms with Crippen LogP contribution in [0, 0.1) is 13.8 Å². The van der Waals surface area contributed by atoms with Gasteiger partial charge in [0, 0.05) is 5.69 Å². The lowest BCUT2D eigenvalue weighted by Gasteiger charge is -2.12. The van der Waals surface area contributed by atoms with E-state index in [9.17, 15) is 9.59 Å². The number of methoxy groups -OCH3 is 1. The van der Waals surface area contributed by atoms with E-state index in [1.165, 1.54) is 19.2 Å². The van der Waals surface area contributed by atoms with Crippen LogP contribution in [0.25, 0.3) is 0 Å². The van der Waals surface area contributed by atoms with Gasteiger partial charge in [0.05, 0.1) is 29.9 Å². The summed E-state index contributed by atoms with van der Waals surface area (Å²) >= 11 is 6.06. The molecule has 2 rings (SSSR count). The van der Waals surface area contributed by atoms with E-state index in [0.29, 0.717) is 16.3 Å². The predicted octanol–water partition coefficient (Wildman–Crippen LogP) is 3.79. The number of nitrogens with one attached hydrogen (secondary N) is 2. The molecular formula is C18H19ClN2O3. The van der Waals surface area contributed by atoms with Crippen molar-refractivity contribution < 1.29 is 14.3 Å². The van der Waals surface area contributed by atoms with Crippen LogP contribution in [0.2, 0.25) is 5.02 Å². The SMILES string of the molecule is COC(=O)c1ccc(Cl)c(NC(=O)CNc2ccc(C)cc2C)c1. The number of ether oxygens (including phenoxy) is 1. The predicted molar refractivity (Wildman–Crippen MR) is 95.8 cm³/mol. The Balaban J connectivity index is 2.03. The first-order chi connectivity index (χ1) is 11.4.